The number of nitrogens with zero attached hydrogens (tertiary/aromatic N) is 3. The molecule has 2 fully saturated rings. The van der Waals surface area contributed by atoms with Crippen LogP contribution in [0.15, 0.2) is 78.0 Å². The maximum absolute atomic E-state index is 13.2. The molecular formula is C32H37FN4O4. The number of hydrogen-bond acceptors (Lipinski definition) is 7. The van der Waals surface area contributed by atoms with Gasteiger partial charge in [-0.05, 0) is 78.9 Å². The molecule has 1 saturated heterocycles. The average molecular weight is 561 g/mol. The SMILES string of the molecule is O=Nc1ccc(NC2CCC(OCC(=O)N3CCN(c4ccc(OCc5ccccc5)cc4)CC3)CC2)cc1CF. The largest absolute Gasteiger partial charge is 0.489 e. The minimum absolute atomic E-state index is 0.0391. The van der Waals surface area contributed by atoms with Gasteiger partial charge in [-0.25, -0.2) is 4.39 Å². The number of nitroso groups, excluding NO2 is 1. The first-order valence-electron chi connectivity index (χ1n) is 14.3. The van der Waals surface area contributed by atoms with E-state index in [0.29, 0.717) is 25.3 Å². The van der Waals surface area contributed by atoms with Crippen LogP contribution >= 0.6 is 0 Å². The van der Waals surface area contributed by atoms with Crippen molar-refractivity contribution in [3.8, 4) is 5.75 Å². The maximum atomic E-state index is 13.2. The Morgan fingerprint density at radius 3 is 2.34 bits per heavy atom. The number of amides is 1. The fourth-order valence-corrected chi connectivity index (χ4v) is 5.47. The summed E-state index contributed by atoms with van der Waals surface area (Å²) in [7, 11) is 0. The zero-order valence-corrected chi connectivity index (χ0v) is 23.2. The monoisotopic (exact) mass is 560 g/mol. The van der Waals surface area contributed by atoms with Gasteiger partial charge in [0.05, 0.1) is 6.10 Å². The fourth-order valence-electron chi connectivity index (χ4n) is 5.47. The Morgan fingerprint density at radius 1 is 0.927 bits per heavy atom. The van der Waals surface area contributed by atoms with Gasteiger partial charge in [-0.15, -0.1) is 4.91 Å². The lowest BCUT2D eigenvalue weighted by molar-refractivity contribution is -0.139. The molecule has 2 aliphatic rings. The normalized spacial score (nSPS) is 19.0. The van der Waals surface area contributed by atoms with Gasteiger partial charge in [-0.3, -0.25) is 4.79 Å². The Morgan fingerprint density at radius 2 is 1.66 bits per heavy atom. The summed E-state index contributed by atoms with van der Waals surface area (Å²) in [5.41, 5.74) is 3.49. The third kappa shape index (κ3) is 7.82. The number of rotatable bonds is 11. The van der Waals surface area contributed by atoms with E-state index in [1.54, 1.807) is 18.2 Å². The van der Waals surface area contributed by atoms with Gasteiger partial charge in [0.15, 0.2) is 0 Å². The van der Waals surface area contributed by atoms with Gasteiger partial charge in [0.2, 0.25) is 5.91 Å². The second-order valence-corrected chi connectivity index (χ2v) is 10.6. The molecule has 0 spiro atoms. The summed E-state index contributed by atoms with van der Waals surface area (Å²) < 4.78 is 25.1. The van der Waals surface area contributed by atoms with E-state index in [1.807, 2.05) is 47.4 Å². The van der Waals surface area contributed by atoms with Gasteiger partial charge >= 0.3 is 0 Å². The predicted octanol–water partition coefficient (Wildman–Crippen LogP) is 6.22. The first-order valence-corrected chi connectivity index (χ1v) is 14.3. The van der Waals surface area contributed by atoms with Crippen LogP contribution in [0.1, 0.15) is 36.8 Å². The van der Waals surface area contributed by atoms with Gasteiger partial charge in [-0.1, -0.05) is 30.3 Å². The molecule has 1 N–H and O–H groups in total. The quantitative estimate of drug-likeness (QED) is 0.280. The van der Waals surface area contributed by atoms with Gasteiger partial charge in [0, 0.05) is 49.2 Å². The Bertz CT molecular complexity index is 1270. The molecule has 0 bridgehead atoms. The third-order valence-corrected chi connectivity index (χ3v) is 7.89. The van der Waals surface area contributed by atoms with E-state index in [1.165, 1.54) is 0 Å². The number of nitrogens with one attached hydrogen (secondary N) is 1. The van der Waals surface area contributed by atoms with Crippen LogP contribution in [0.5, 0.6) is 5.75 Å². The van der Waals surface area contributed by atoms with Crippen LogP contribution in [-0.2, 0) is 22.8 Å². The smallest absolute Gasteiger partial charge is 0.248 e. The van der Waals surface area contributed by atoms with Crippen LogP contribution in [0.3, 0.4) is 0 Å². The zero-order valence-electron chi connectivity index (χ0n) is 23.2. The highest BCUT2D eigenvalue weighted by Crippen LogP contribution is 2.28. The molecule has 0 unspecified atom stereocenters. The standard InChI is InChI=1S/C32H37FN4O4/c33-21-25-20-27(8-15-31(25)35-39)34-26-6-11-29(12-7-26)41-23-32(38)37-18-16-36(17-19-37)28-9-13-30(14-10-28)40-22-24-4-2-1-3-5-24/h1-5,8-10,13-15,20,26,29,34H,6-7,11-12,16-19,21-23H2. The summed E-state index contributed by atoms with van der Waals surface area (Å²) in [6.45, 7) is 2.82. The van der Waals surface area contributed by atoms with Crippen LogP contribution in [0.2, 0.25) is 0 Å². The number of anilines is 2. The van der Waals surface area contributed by atoms with Gasteiger partial charge in [-0.2, -0.15) is 0 Å². The minimum Gasteiger partial charge on any atom is -0.489 e. The lowest BCUT2D eigenvalue weighted by Gasteiger charge is -2.36. The third-order valence-electron chi connectivity index (χ3n) is 7.89. The lowest BCUT2D eigenvalue weighted by Crippen LogP contribution is -2.50. The van der Waals surface area contributed by atoms with E-state index >= 15 is 0 Å². The predicted molar refractivity (Wildman–Crippen MR) is 158 cm³/mol. The van der Waals surface area contributed by atoms with E-state index in [0.717, 1.165) is 61.5 Å². The number of halogens is 1. The summed E-state index contributed by atoms with van der Waals surface area (Å²) in [6.07, 6.45) is 3.56. The van der Waals surface area contributed by atoms with Gasteiger partial charge in [0.25, 0.3) is 0 Å². The molecule has 5 rings (SSSR count). The number of benzene rings is 3. The molecule has 1 amide bonds. The van der Waals surface area contributed by atoms with Crippen molar-refractivity contribution in [2.24, 2.45) is 5.18 Å². The van der Waals surface area contributed by atoms with E-state index < -0.39 is 6.67 Å². The zero-order chi connectivity index (χ0) is 28.4. The Kier molecular flexibility index (Phi) is 9.80. The lowest BCUT2D eigenvalue weighted by atomic mass is 9.92. The van der Waals surface area contributed by atoms with Crippen molar-refractivity contribution < 1.29 is 18.7 Å². The molecule has 3 aromatic rings. The molecule has 9 heteroatoms. The number of ether oxygens (including phenoxy) is 2. The molecule has 0 radical (unpaired) electrons. The number of carbonyl (C=O) groups excluding carboxylic acids is 1. The fraction of sp³-hybridized carbons (Fsp3) is 0.406. The Hall–Kier alpha value is -3.98. The van der Waals surface area contributed by atoms with Crippen molar-refractivity contribution in [1.29, 1.82) is 0 Å². The molecule has 1 aliphatic carbocycles. The van der Waals surface area contributed by atoms with Crippen molar-refractivity contribution in [2.75, 3.05) is 43.0 Å². The van der Waals surface area contributed by atoms with Crippen LogP contribution in [0, 0.1) is 4.91 Å². The minimum atomic E-state index is -0.724. The maximum Gasteiger partial charge on any atom is 0.248 e. The van der Waals surface area contributed by atoms with E-state index in [2.05, 4.69) is 27.5 Å². The summed E-state index contributed by atoms with van der Waals surface area (Å²) in [5, 5.41) is 6.29. The molecule has 0 aromatic heterocycles. The molecule has 1 saturated carbocycles. The topological polar surface area (TPSA) is 83.5 Å². The Labute approximate surface area is 240 Å². The van der Waals surface area contributed by atoms with Crippen molar-refractivity contribution >= 4 is 23.0 Å². The van der Waals surface area contributed by atoms with Crippen LogP contribution in [0.4, 0.5) is 21.5 Å². The number of hydrogen-bond donors (Lipinski definition) is 1. The van der Waals surface area contributed by atoms with E-state index in [9.17, 15) is 14.1 Å². The average Bonchev–Trinajstić information content (AvgIpc) is 3.04. The number of alkyl halides is 1. The van der Waals surface area contributed by atoms with Crippen LogP contribution in [-0.4, -0.2) is 55.7 Å². The van der Waals surface area contributed by atoms with Crippen molar-refractivity contribution in [2.45, 2.75) is 51.1 Å². The van der Waals surface area contributed by atoms with E-state index in [-0.39, 0.29) is 30.3 Å². The molecule has 0 atom stereocenters. The van der Waals surface area contributed by atoms with Crippen molar-refractivity contribution in [3.63, 3.8) is 0 Å². The first kappa shape index (κ1) is 28.5. The Balaban J connectivity index is 0.993. The molecule has 1 aliphatic heterocycles. The molecular weight excluding hydrogens is 523 g/mol. The van der Waals surface area contributed by atoms with Crippen LogP contribution in [0.25, 0.3) is 0 Å². The number of piperazine rings is 1. The van der Waals surface area contributed by atoms with Gasteiger partial charge in [0.1, 0.15) is 31.3 Å². The molecule has 216 valence electrons. The summed E-state index contributed by atoms with van der Waals surface area (Å²) >= 11 is 0. The second-order valence-electron chi connectivity index (χ2n) is 10.6. The highest BCUT2D eigenvalue weighted by Gasteiger charge is 2.25. The highest BCUT2D eigenvalue weighted by atomic mass is 19.1. The second kappa shape index (κ2) is 14.1. The molecule has 41 heavy (non-hydrogen) atoms. The van der Waals surface area contributed by atoms with Crippen molar-refractivity contribution in [3.05, 3.63) is 88.8 Å². The summed E-state index contributed by atoms with van der Waals surface area (Å²) in [6, 6.07) is 23.4. The van der Waals surface area contributed by atoms with Gasteiger partial charge < -0.3 is 24.6 Å². The highest BCUT2D eigenvalue weighted by molar-refractivity contribution is 5.77. The summed E-state index contributed by atoms with van der Waals surface area (Å²) in [4.78, 5) is 27.8. The molecule has 8 nitrogen and oxygen atoms in total. The van der Waals surface area contributed by atoms with Crippen LogP contribution < -0.4 is 15.0 Å². The molecule has 1 heterocycles. The first-order chi connectivity index (χ1) is 20.1. The summed E-state index contributed by atoms with van der Waals surface area (Å²) in [5.74, 6) is 0.877. The molecule has 3 aromatic carbocycles. The number of carbonyl (C=O) groups is 1. The van der Waals surface area contributed by atoms with E-state index in [4.69, 9.17) is 9.47 Å². The van der Waals surface area contributed by atoms with Crippen molar-refractivity contribution in [1.82, 2.24) is 4.90 Å².